The Kier molecular flexibility index (Phi) is 5.28. The number of fused-ring (bicyclic) bond motifs is 1. The van der Waals surface area contributed by atoms with Crippen LogP contribution in [0, 0.1) is 0 Å². The zero-order valence-electron chi connectivity index (χ0n) is 16.0. The summed E-state index contributed by atoms with van der Waals surface area (Å²) in [6.07, 6.45) is 10.2. The number of nitrogens with zero attached hydrogens (tertiary/aromatic N) is 2. The van der Waals surface area contributed by atoms with Gasteiger partial charge >= 0.3 is 0 Å². The van der Waals surface area contributed by atoms with Crippen molar-refractivity contribution >= 4 is 35.3 Å². The first-order chi connectivity index (χ1) is 13.6. The van der Waals surface area contributed by atoms with E-state index >= 15 is 0 Å². The summed E-state index contributed by atoms with van der Waals surface area (Å²) in [5.41, 5.74) is 10.2. The highest BCUT2D eigenvalue weighted by molar-refractivity contribution is 7.11. The molecule has 146 valence electrons. The topological polar surface area (TPSA) is 92.9 Å². The molecule has 0 saturated heterocycles. The third kappa shape index (κ3) is 3.36. The molecule has 2 atom stereocenters. The predicted molar refractivity (Wildman–Crippen MR) is 115 cm³/mol. The van der Waals surface area contributed by atoms with Crippen molar-refractivity contribution in [3.63, 3.8) is 0 Å². The zero-order valence-corrected chi connectivity index (χ0v) is 16.8. The normalized spacial score (nSPS) is 21.6. The molecule has 0 unspecified atom stereocenters. The van der Waals surface area contributed by atoms with Crippen LogP contribution in [0.5, 0.6) is 0 Å². The summed E-state index contributed by atoms with van der Waals surface area (Å²) in [6.45, 7) is 6.31. The van der Waals surface area contributed by atoms with Gasteiger partial charge < -0.3 is 16.4 Å². The van der Waals surface area contributed by atoms with Crippen LogP contribution in [-0.4, -0.2) is 28.0 Å². The quantitative estimate of drug-likeness (QED) is 0.716. The van der Waals surface area contributed by atoms with Crippen molar-refractivity contribution in [3.05, 3.63) is 39.7 Å². The molecule has 6 nitrogen and oxygen atoms in total. The van der Waals surface area contributed by atoms with Gasteiger partial charge in [-0.15, -0.1) is 11.3 Å². The lowest BCUT2D eigenvalue weighted by atomic mass is 9.91. The lowest BCUT2D eigenvalue weighted by Crippen LogP contribution is -2.43. The standard InChI is InChI=1S/C21H25N5OS/c1-3-7-12-13(11-28-17(12)4-2)19-18-16(10-23-20(18)27)25-21(26-19)24-15-9-6-5-8-14(15)22/h3-4,7,11,14-15H,2,5-6,8-10,22H2,1H3,(H,23,27)(H,24,25,26)/b7-3-/t14-,15+/m0/s1. The smallest absolute Gasteiger partial charge is 0.255 e. The molecular formula is C21H25N5OS. The molecule has 1 fully saturated rings. The van der Waals surface area contributed by atoms with Gasteiger partial charge in [-0.2, -0.15) is 0 Å². The summed E-state index contributed by atoms with van der Waals surface area (Å²) in [7, 11) is 0. The van der Waals surface area contributed by atoms with Gasteiger partial charge in [0, 0.05) is 33.5 Å². The Morgan fingerprint density at radius 2 is 2.18 bits per heavy atom. The number of thiophene rings is 1. The van der Waals surface area contributed by atoms with Crippen LogP contribution in [0.2, 0.25) is 0 Å². The zero-order chi connectivity index (χ0) is 19.7. The molecule has 2 aromatic rings. The molecule has 4 N–H and O–H groups in total. The van der Waals surface area contributed by atoms with Crippen molar-refractivity contribution in [2.75, 3.05) is 5.32 Å². The average Bonchev–Trinajstić information content (AvgIpc) is 3.27. The van der Waals surface area contributed by atoms with Crippen LogP contribution in [0.1, 0.15) is 59.1 Å². The molecule has 3 heterocycles. The first kappa shape index (κ1) is 18.8. The highest BCUT2D eigenvalue weighted by atomic mass is 32.1. The van der Waals surface area contributed by atoms with Gasteiger partial charge in [0.25, 0.3) is 5.91 Å². The highest BCUT2D eigenvalue weighted by Crippen LogP contribution is 2.37. The molecule has 0 aromatic carbocycles. The van der Waals surface area contributed by atoms with E-state index in [4.69, 9.17) is 10.7 Å². The fourth-order valence-electron chi connectivity index (χ4n) is 3.95. The lowest BCUT2D eigenvalue weighted by molar-refractivity contribution is 0.0966. The molecule has 7 heteroatoms. The van der Waals surface area contributed by atoms with E-state index < -0.39 is 0 Å². The summed E-state index contributed by atoms with van der Waals surface area (Å²) in [5, 5.41) is 8.35. The summed E-state index contributed by atoms with van der Waals surface area (Å²) >= 11 is 1.60. The molecular weight excluding hydrogens is 370 g/mol. The molecule has 1 aliphatic carbocycles. The van der Waals surface area contributed by atoms with Gasteiger partial charge in [0.15, 0.2) is 0 Å². The van der Waals surface area contributed by atoms with E-state index in [1.807, 2.05) is 30.5 Å². The Balaban J connectivity index is 1.81. The van der Waals surface area contributed by atoms with Gasteiger partial charge in [0.1, 0.15) is 0 Å². The molecule has 0 spiro atoms. The largest absolute Gasteiger partial charge is 0.350 e. The molecule has 1 aliphatic heterocycles. The second-order valence-electron chi connectivity index (χ2n) is 7.23. The van der Waals surface area contributed by atoms with Crippen molar-refractivity contribution in [1.82, 2.24) is 15.3 Å². The van der Waals surface area contributed by atoms with Crippen molar-refractivity contribution < 1.29 is 4.79 Å². The summed E-state index contributed by atoms with van der Waals surface area (Å²) in [5.74, 6) is 0.425. The number of aromatic nitrogens is 2. The molecule has 0 radical (unpaired) electrons. The third-order valence-corrected chi connectivity index (χ3v) is 6.39. The van der Waals surface area contributed by atoms with E-state index in [0.717, 1.165) is 41.0 Å². The number of rotatable bonds is 5. The monoisotopic (exact) mass is 395 g/mol. The minimum Gasteiger partial charge on any atom is -0.350 e. The summed E-state index contributed by atoms with van der Waals surface area (Å²) < 4.78 is 0. The Morgan fingerprint density at radius 1 is 1.36 bits per heavy atom. The number of hydrogen-bond acceptors (Lipinski definition) is 6. The number of anilines is 1. The van der Waals surface area contributed by atoms with Crippen LogP contribution in [0.15, 0.2) is 18.0 Å². The van der Waals surface area contributed by atoms with Crippen molar-refractivity contribution in [1.29, 1.82) is 0 Å². The van der Waals surface area contributed by atoms with E-state index in [0.29, 0.717) is 23.8 Å². The van der Waals surface area contributed by atoms with Gasteiger partial charge in [0.2, 0.25) is 5.95 Å². The SMILES string of the molecule is C=Cc1scc(-c2nc(N[C@@H]3CCCC[C@@H]3N)nc3c2C(=O)NC3)c1/C=C\C. The lowest BCUT2D eigenvalue weighted by Gasteiger charge is -2.29. The molecule has 0 bridgehead atoms. The number of carbonyl (C=O) groups excluding carboxylic acids is 1. The predicted octanol–water partition coefficient (Wildman–Crippen LogP) is 3.81. The number of nitrogens with two attached hydrogens (primary N) is 1. The van der Waals surface area contributed by atoms with Crippen molar-refractivity contribution in [2.45, 2.75) is 51.2 Å². The second-order valence-corrected chi connectivity index (χ2v) is 8.14. The van der Waals surface area contributed by atoms with Crippen molar-refractivity contribution in [2.24, 2.45) is 5.73 Å². The minimum atomic E-state index is -0.122. The average molecular weight is 396 g/mol. The highest BCUT2D eigenvalue weighted by Gasteiger charge is 2.30. The third-order valence-electron chi connectivity index (χ3n) is 5.39. The minimum absolute atomic E-state index is 0.0981. The van der Waals surface area contributed by atoms with Gasteiger partial charge in [-0.25, -0.2) is 9.97 Å². The molecule has 4 rings (SSSR count). The first-order valence-electron chi connectivity index (χ1n) is 9.70. The fraction of sp³-hybridized carbons (Fsp3) is 0.381. The Morgan fingerprint density at radius 3 is 2.93 bits per heavy atom. The summed E-state index contributed by atoms with van der Waals surface area (Å²) in [4.78, 5) is 23.0. The molecule has 2 aromatic heterocycles. The number of hydrogen-bond donors (Lipinski definition) is 3. The number of nitrogens with one attached hydrogen (secondary N) is 2. The molecule has 1 saturated carbocycles. The number of carbonyl (C=O) groups is 1. The van der Waals surface area contributed by atoms with Gasteiger partial charge in [-0.1, -0.05) is 37.6 Å². The number of amides is 1. The van der Waals surface area contributed by atoms with Gasteiger partial charge in [0.05, 0.1) is 23.5 Å². The second kappa shape index (κ2) is 7.85. The van der Waals surface area contributed by atoms with Crippen LogP contribution in [0.3, 0.4) is 0 Å². The van der Waals surface area contributed by atoms with Crippen LogP contribution in [-0.2, 0) is 6.54 Å². The molecule has 1 amide bonds. The molecule has 2 aliphatic rings. The van der Waals surface area contributed by atoms with Gasteiger partial charge in [-0.3, -0.25) is 4.79 Å². The molecule has 28 heavy (non-hydrogen) atoms. The summed E-state index contributed by atoms with van der Waals surface area (Å²) in [6, 6.07) is 0.256. The van der Waals surface area contributed by atoms with Crippen LogP contribution in [0.25, 0.3) is 23.4 Å². The van der Waals surface area contributed by atoms with E-state index in [1.54, 1.807) is 11.3 Å². The Hall–Kier alpha value is -2.51. The van der Waals surface area contributed by atoms with E-state index in [1.165, 1.54) is 6.42 Å². The first-order valence-corrected chi connectivity index (χ1v) is 10.6. The Bertz CT molecular complexity index is 949. The number of allylic oxidation sites excluding steroid dienone is 1. The van der Waals surface area contributed by atoms with Crippen LogP contribution < -0.4 is 16.4 Å². The Labute approximate surface area is 169 Å². The maximum absolute atomic E-state index is 12.5. The van der Waals surface area contributed by atoms with E-state index in [9.17, 15) is 4.79 Å². The van der Waals surface area contributed by atoms with Crippen molar-refractivity contribution in [3.8, 4) is 11.3 Å². The van der Waals surface area contributed by atoms with Crippen LogP contribution in [0.4, 0.5) is 5.95 Å². The van der Waals surface area contributed by atoms with Gasteiger partial charge in [-0.05, 0) is 19.8 Å². The van der Waals surface area contributed by atoms with Crippen LogP contribution >= 0.6 is 11.3 Å². The van der Waals surface area contributed by atoms with E-state index in [2.05, 4.69) is 22.2 Å². The van der Waals surface area contributed by atoms with E-state index in [-0.39, 0.29) is 18.0 Å². The maximum Gasteiger partial charge on any atom is 0.255 e. The maximum atomic E-state index is 12.5. The fourth-order valence-corrected chi connectivity index (χ4v) is 4.84.